The first-order valence-corrected chi connectivity index (χ1v) is 5.97. The highest BCUT2D eigenvalue weighted by atomic mass is 79.9. The summed E-state index contributed by atoms with van der Waals surface area (Å²) < 4.78 is 5.79. The van der Waals surface area contributed by atoms with E-state index in [2.05, 4.69) is 20.9 Å². The predicted molar refractivity (Wildman–Crippen MR) is 68.2 cm³/mol. The number of para-hydroxylation sites is 1. The van der Waals surface area contributed by atoms with Crippen molar-refractivity contribution in [1.29, 1.82) is 0 Å². The van der Waals surface area contributed by atoms with Gasteiger partial charge in [0.2, 0.25) is 0 Å². The Balaban J connectivity index is 2.96. The van der Waals surface area contributed by atoms with Crippen molar-refractivity contribution in [3.63, 3.8) is 0 Å². The zero-order chi connectivity index (χ0) is 12.0. The van der Waals surface area contributed by atoms with Gasteiger partial charge in [0.1, 0.15) is 5.71 Å². The lowest BCUT2D eigenvalue weighted by atomic mass is 10.2. The molecule has 0 atom stereocenters. The quantitative estimate of drug-likeness (QED) is 0.627. The summed E-state index contributed by atoms with van der Waals surface area (Å²) in [5, 5.41) is 0. The fourth-order valence-corrected chi connectivity index (χ4v) is 1.54. The maximum atomic E-state index is 11.5. The predicted octanol–water partition coefficient (Wildman–Crippen LogP) is 3.49. The third kappa shape index (κ3) is 3.45. The number of ether oxygens (including phenoxy) is 1. The number of hydrogen-bond acceptors (Lipinski definition) is 3. The summed E-state index contributed by atoms with van der Waals surface area (Å²) in [6.07, 6.45) is 0.556. The molecule has 1 rings (SSSR count). The minimum Gasteiger partial charge on any atom is -0.462 e. The number of nitrogens with zero attached hydrogens (tertiary/aromatic N) is 1. The molecule has 0 spiro atoms. The first-order valence-electron chi connectivity index (χ1n) is 5.18. The lowest BCUT2D eigenvalue weighted by molar-refractivity contribution is -0.135. The number of esters is 1. The van der Waals surface area contributed by atoms with Crippen LogP contribution < -0.4 is 0 Å². The van der Waals surface area contributed by atoms with Gasteiger partial charge in [-0.15, -0.1) is 0 Å². The van der Waals surface area contributed by atoms with Gasteiger partial charge in [-0.25, -0.2) is 9.79 Å². The lowest BCUT2D eigenvalue weighted by Gasteiger charge is -2.04. The largest absolute Gasteiger partial charge is 0.462 e. The molecule has 0 aliphatic heterocycles. The van der Waals surface area contributed by atoms with Gasteiger partial charge in [-0.3, -0.25) is 0 Å². The van der Waals surface area contributed by atoms with Gasteiger partial charge in [-0.05, 0) is 41.4 Å². The van der Waals surface area contributed by atoms with Crippen LogP contribution in [0, 0.1) is 0 Å². The summed E-state index contributed by atoms with van der Waals surface area (Å²) in [5.41, 5.74) is 1.18. The summed E-state index contributed by atoms with van der Waals surface area (Å²) in [5.74, 6) is -0.347. The first kappa shape index (κ1) is 12.9. The highest BCUT2D eigenvalue weighted by Gasteiger charge is 2.10. The van der Waals surface area contributed by atoms with Gasteiger partial charge in [0.25, 0.3) is 0 Å². The van der Waals surface area contributed by atoms with E-state index >= 15 is 0 Å². The number of carbonyl (C=O) groups is 1. The van der Waals surface area contributed by atoms with Gasteiger partial charge in [0, 0.05) is 4.47 Å². The minimum absolute atomic E-state index is 0.347. The van der Waals surface area contributed by atoms with Gasteiger partial charge in [0.15, 0.2) is 0 Å². The van der Waals surface area contributed by atoms with Gasteiger partial charge in [0.05, 0.1) is 12.3 Å². The van der Waals surface area contributed by atoms with E-state index in [9.17, 15) is 4.79 Å². The van der Waals surface area contributed by atoms with Crippen molar-refractivity contribution in [2.45, 2.75) is 20.3 Å². The van der Waals surface area contributed by atoms with Gasteiger partial charge < -0.3 is 4.74 Å². The monoisotopic (exact) mass is 283 g/mol. The van der Waals surface area contributed by atoms with Crippen LogP contribution in [0.2, 0.25) is 0 Å². The van der Waals surface area contributed by atoms with E-state index in [1.807, 2.05) is 31.2 Å². The van der Waals surface area contributed by atoms with E-state index in [0.29, 0.717) is 18.7 Å². The van der Waals surface area contributed by atoms with Gasteiger partial charge in [-0.2, -0.15) is 0 Å². The molecule has 0 saturated heterocycles. The Morgan fingerprint density at radius 3 is 2.62 bits per heavy atom. The number of aliphatic imine (C=N–C) groups is 1. The van der Waals surface area contributed by atoms with Gasteiger partial charge in [-0.1, -0.05) is 19.1 Å². The molecule has 1 aromatic rings. The second-order valence-corrected chi connectivity index (χ2v) is 3.94. The lowest BCUT2D eigenvalue weighted by Crippen LogP contribution is -2.16. The molecule has 0 amide bonds. The zero-order valence-corrected chi connectivity index (χ0v) is 11.0. The molecule has 0 N–H and O–H groups in total. The molecule has 0 bridgehead atoms. The molecule has 0 saturated carbocycles. The van der Waals surface area contributed by atoms with Crippen molar-refractivity contribution in [2.75, 3.05) is 6.61 Å². The number of hydrogen-bond donors (Lipinski definition) is 0. The molecule has 0 aliphatic rings. The first-order chi connectivity index (χ1) is 7.69. The summed E-state index contributed by atoms with van der Waals surface area (Å²) in [6.45, 7) is 4.03. The average molecular weight is 284 g/mol. The second kappa shape index (κ2) is 6.43. The van der Waals surface area contributed by atoms with Crippen LogP contribution in [0.4, 0.5) is 5.69 Å². The Morgan fingerprint density at radius 2 is 2.06 bits per heavy atom. The molecule has 0 aromatic heterocycles. The van der Waals surface area contributed by atoms with Crippen LogP contribution in [0.25, 0.3) is 0 Å². The smallest absolute Gasteiger partial charge is 0.352 e. The van der Waals surface area contributed by atoms with Crippen LogP contribution in [0.15, 0.2) is 33.7 Å². The van der Waals surface area contributed by atoms with E-state index in [-0.39, 0.29) is 5.97 Å². The standard InChI is InChI=1S/C12H14BrNO2/c1-3-10(12(15)16-4-2)14-11-8-6-5-7-9(11)13/h5-8H,3-4H2,1-2H3. The fourth-order valence-electron chi connectivity index (χ4n) is 1.17. The van der Waals surface area contributed by atoms with Crippen LogP contribution in [0.1, 0.15) is 20.3 Å². The van der Waals surface area contributed by atoms with Crippen molar-refractivity contribution in [2.24, 2.45) is 4.99 Å². The highest BCUT2D eigenvalue weighted by molar-refractivity contribution is 9.10. The number of carbonyl (C=O) groups excluding carboxylic acids is 1. The molecular formula is C12H14BrNO2. The van der Waals surface area contributed by atoms with Crippen LogP contribution in [0.3, 0.4) is 0 Å². The molecule has 4 heteroatoms. The molecule has 1 aromatic carbocycles. The van der Waals surface area contributed by atoms with Crippen LogP contribution >= 0.6 is 15.9 Å². The summed E-state index contributed by atoms with van der Waals surface area (Å²) in [6, 6.07) is 7.51. The Labute approximate surface area is 104 Å². The molecule has 0 aliphatic carbocycles. The van der Waals surface area contributed by atoms with E-state index in [1.54, 1.807) is 6.92 Å². The molecule has 0 radical (unpaired) electrons. The Morgan fingerprint density at radius 1 is 1.38 bits per heavy atom. The molecule has 0 heterocycles. The molecule has 86 valence electrons. The fraction of sp³-hybridized carbons (Fsp3) is 0.333. The molecule has 0 fully saturated rings. The minimum atomic E-state index is -0.347. The maximum Gasteiger partial charge on any atom is 0.352 e. The van der Waals surface area contributed by atoms with Crippen molar-refractivity contribution in [3.8, 4) is 0 Å². The molecule has 16 heavy (non-hydrogen) atoms. The average Bonchev–Trinajstić information content (AvgIpc) is 2.28. The van der Waals surface area contributed by atoms with E-state index in [0.717, 1.165) is 10.2 Å². The summed E-state index contributed by atoms with van der Waals surface area (Å²) in [4.78, 5) is 15.8. The number of rotatable bonds is 4. The molecule has 3 nitrogen and oxygen atoms in total. The Kier molecular flexibility index (Phi) is 5.19. The normalized spacial score (nSPS) is 11.3. The van der Waals surface area contributed by atoms with Crippen molar-refractivity contribution in [3.05, 3.63) is 28.7 Å². The third-order valence-electron chi connectivity index (χ3n) is 1.95. The Bertz CT molecular complexity index is 402. The van der Waals surface area contributed by atoms with E-state index in [1.165, 1.54) is 0 Å². The van der Waals surface area contributed by atoms with E-state index < -0.39 is 0 Å². The van der Waals surface area contributed by atoms with Crippen molar-refractivity contribution < 1.29 is 9.53 Å². The molecule has 0 unspecified atom stereocenters. The third-order valence-corrected chi connectivity index (χ3v) is 2.62. The Hall–Kier alpha value is -1.16. The summed E-state index contributed by atoms with van der Waals surface area (Å²) >= 11 is 3.38. The number of halogens is 1. The topological polar surface area (TPSA) is 38.7 Å². The number of benzene rings is 1. The SMILES string of the molecule is CCOC(=O)C(CC)=Nc1ccccc1Br. The van der Waals surface area contributed by atoms with Crippen molar-refractivity contribution >= 4 is 33.3 Å². The van der Waals surface area contributed by atoms with Crippen LogP contribution in [-0.4, -0.2) is 18.3 Å². The highest BCUT2D eigenvalue weighted by Crippen LogP contribution is 2.24. The summed E-state index contributed by atoms with van der Waals surface area (Å²) in [7, 11) is 0. The van der Waals surface area contributed by atoms with Crippen molar-refractivity contribution in [1.82, 2.24) is 0 Å². The van der Waals surface area contributed by atoms with Crippen LogP contribution in [-0.2, 0) is 9.53 Å². The molecular weight excluding hydrogens is 270 g/mol. The zero-order valence-electron chi connectivity index (χ0n) is 9.37. The maximum absolute atomic E-state index is 11.5. The van der Waals surface area contributed by atoms with Crippen LogP contribution in [0.5, 0.6) is 0 Å². The van der Waals surface area contributed by atoms with Gasteiger partial charge >= 0.3 is 5.97 Å². The van der Waals surface area contributed by atoms with E-state index in [4.69, 9.17) is 4.74 Å². The second-order valence-electron chi connectivity index (χ2n) is 3.08.